The molecule has 0 bridgehead atoms. The van der Waals surface area contributed by atoms with Crippen molar-refractivity contribution in [2.24, 2.45) is 5.92 Å². The van der Waals surface area contributed by atoms with Crippen LogP contribution in [0.5, 0.6) is 0 Å². The predicted molar refractivity (Wildman–Crippen MR) is 60.6 cm³/mol. The minimum Gasteiger partial charge on any atom is -0.354 e. The highest BCUT2D eigenvalue weighted by Crippen LogP contribution is 2.23. The second kappa shape index (κ2) is 5.50. The van der Waals surface area contributed by atoms with Crippen molar-refractivity contribution in [3.63, 3.8) is 0 Å². The smallest absolute Gasteiger partial charge is 0.237 e. The molecule has 0 radical (unpaired) electrons. The molecule has 0 spiro atoms. The molecule has 2 aliphatic rings. The summed E-state index contributed by atoms with van der Waals surface area (Å²) >= 11 is 0. The summed E-state index contributed by atoms with van der Waals surface area (Å²) in [5, 5.41) is 6.38. The zero-order chi connectivity index (χ0) is 10.5. The Kier molecular flexibility index (Phi) is 4.01. The van der Waals surface area contributed by atoms with E-state index in [0.29, 0.717) is 0 Å². The number of hydrogen-bond acceptors (Lipinski definition) is 2. The van der Waals surface area contributed by atoms with Crippen LogP contribution >= 0.6 is 0 Å². The fourth-order valence-electron chi connectivity index (χ4n) is 2.66. The van der Waals surface area contributed by atoms with Gasteiger partial charge in [-0.15, -0.1) is 0 Å². The van der Waals surface area contributed by atoms with E-state index in [1.807, 2.05) is 0 Å². The number of carbonyl (C=O) groups excluding carboxylic acids is 1. The maximum atomic E-state index is 11.8. The van der Waals surface area contributed by atoms with Gasteiger partial charge in [0.15, 0.2) is 0 Å². The summed E-state index contributed by atoms with van der Waals surface area (Å²) in [5.41, 5.74) is 0. The first-order valence-electron chi connectivity index (χ1n) is 6.37. The summed E-state index contributed by atoms with van der Waals surface area (Å²) < 4.78 is 0. The molecule has 1 heterocycles. The van der Waals surface area contributed by atoms with Crippen molar-refractivity contribution < 1.29 is 4.79 Å². The standard InChI is InChI=1S/C12H22N2O/c15-12(11-7-3-4-8-13-11)14-9-10-5-1-2-6-10/h10-11,13H,1-9H2,(H,14,15)/t11-/m0/s1. The molecule has 1 saturated carbocycles. The number of piperidine rings is 1. The molecule has 1 aliphatic carbocycles. The monoisotopic (exact) mass is 210 g/mol. The summed E-state index contributed by atoms with van der Waals surface area (Å²) in [6, 6.07) is 0.0835. The van der Waals surface area contributed by atoms with Crippen LogP contribution in [0.1, 0.15) is 44.9 Å². The third-order valence-electron chi connectivity index (χ3n) is 3.67. The largest absolute Gasteiger partial charge is 0.354 e. The first-order valence-corrected chi connectivity index (χ1v) is 6.37. The molecule has 2 N–H and O–H groups in total. The fourth-order valence-corrected chi connectivity index (χ4v) is 2.66. The Morgan fingerprint density at radius 1 is 1.13 bits per heavy atom. The van der Waals surface area contributed by atoms with Crippen molar-refractivity contribution in [1.29, 1.82) is 0 Å². The third kappa shape index (κ3) is 3.20. The van der Waals surface area contributed by atoms with Crippen molar-refractivity contribution in [3.05, 3.63) is 0 Å². The van der Waals surface area contributed by atoms with Gasteiger partial charge >= 0.3 is 0 Å². The average Bonchev–Trinajstić information content (AvgIpc) is 2.80. The molecule has 3 nitrogen and oxygen atoms in total. The molecular weight excluding hydrogens is 188 g/mol. The van der Waals surface area contributed by atoms with E-state index < -0.39 is 0 Å². The molecule has 1 saturated heterocycles. The van der Waals surface area contributed by atoms with E-state index in [0.717, 1.165) is 25.4 Å². The molecule has 2 rings (SSSR count). The van der Waals surface area contributed by atoms with Gasteiger partial charge in [-0.2, -0.15) is 0 Å². The summed E-state index contributed by atoms with van der Waals surface area (Å²) in [6.07, 6.45) is 8.72. The third-order valence-corrected chi connectivity index (χ3v) is 3.67. The molecule has 3 heteroatoms. The van der Waals surface area contributed by atoms with Gasteiger partial charge in [-0.1, -0.05) is 19.3 Å². The van der Waals surface area contributed by atoms with Crippen LogP contribution in [0.15, 0.2) is 0 Å². The SMILES string of the molecule is O=C(NCC1CCCC1)[C@@H]1CCCCN1. The van der Waals surface area contributed by atoms with Crippen LogP contribution in [0.3, 0.4) is 0 Å². The topological polar surface area (TPSA) is 41.1 Å². The Labute approximate surface area is 92.0 Å². The van der Waals surface area contributed by atoms with Gasteiger partial charge in [-0.25, -0.2) is 0 Å². The van der Waals surface area contributed by atoms with Crippen LogP contribution in [0.2, 0.25) is 0 Å². The minimum absolute atomic E-state index is 0.0835. The normalized spacial score (nSPS) is 27.9. The van der Waals surface area contributed by atoms with Crippen LogP contribution in [-0.2, 0) is 4.79 Å². The van der Waals surface area contributed by atoms with E-state index in [1.165, 1.54) is 38.5 Å². The van der Waals surface area contributed by atoms with Gasteiger partial charge in [0.25, 0.3) is 0 Å². The van der Waals surface area contributed by atoms with Crippen molar-refractivity contribution in [3.8, 4) is 0 Å². The molecule has 0 unspecified atom stereocenters. The lowest BCUT2D eigenvalue weighted by Gasteiger charge is -2.23. The molecule has 1 amide bonds. The Morgan fingerprint density at radius 2 is 1.87 bits per heavy atom. The van der Waals surface area contributed by atoms with Crippen molar-refractivity contribution in [2.45, 2.75) is 51.0 Å². The molecule has 86 valence electrons. The van der Waals surface area contributed by atoms with E-state index in [4.69, 9.17) is 0 Å². The first kappa shape index (κ1) is 10.9. The van der Waals surface area contributed by atoms with Gasteiger partial charge in [-0.3, -0.25) is 4.79 Å². The van der Waals surface area contributed by atoms with Crippen LogP contribution in [0.25, 0.3) is 0 Å². The van der Waals surface area contributed by atoms with Gasteiger partial charge in [0.05, 0.1) is 6.04 Å². The second-order valence-electron chi connectivity index (χ2n) is 4.90. The molecule has 0 aromatic carbocycles. The van der Waals surface area contributed by atoms with E-state index in [1.54, 1.807) is 0 Å². The van der Waals surface area contributed by atoms with Crippen molar-refractivity contribution in [1.82, 2.24) is 10.6 Å². The number of carbonyl (C=O) groups is 1. The summed E-state index contributed by atoms with van der Waals surface area (Å²) in [6.45, 7) is 1.90. The summed E-state index contributed by atoms with van der Waals surface area (Å²) in [7, 11) is 0. The van der Waals surface area contributed by atoms with Gasteiger partial charge in [0.2, 0.25) is 5.91 Å². The molecular formula is C12H22N2O. The lowest BCUT2D eigenvalue weighted by atomic mass is 10.0. The van der Waals surface area contributed by atoms with Crippen molar-refractivity contribution in [2.75, 3.05) is 13.1 Å². The number of nitrogens with one attached hydrogen (secondary N) is 2. The van der Waals surface area contributed by atoms with Gasteiger partial charge in [-0.05, 0) is 38.1 Å². The lowest BCUT2D eigenvalue weighted by molar-refractivity contribution is -0.123. The van der Waals surface area contributed by atoms with Gasteiger partial charge in [0.1, 0.15) is 0 Å². The van der Waals surface area contributed by atoms with Crippen molar-refractivity contribution >= 4 is 5.91 Å². The highest BCUT2D eigenvalue weighted by atomic mass is 16.2. The minimum atomic E-state index is 0.0835. The zero-order valence-corrected chi connectivity index (χ0v) is 9.43. The quantitative estimate of drug-likeness (QED) is 0.740. The van der Waals surface area contributed by atoms with Gasteiger partial charge in [0, 0.05) is 6.54 Å². The second-order valence-corrected chi connectivity index (χ2v) is 4.90. The molecule has 1 aliphatic heterocycles. The van der Waals surface area contributed by atoms with Gasteiger partial charge < -0.3 is 10.6 Å². The average molecular weight is 210 g/mol. The maximum absolute atomic E-state index is 11.8. The van der Waals surface area contributed by atoms with E-state index >= 15 is 0 Å². The molecule has 15 heavy (non-hydrogen) atoms. The van der Waals surface area contributed by atoms with E-state index in [9.17, 15) is 4.79 Å². The zero-order valence-electron chi connectivity index (χ0n) is 9.43. The molecule has 0 aromatic heterocycles. The Hall–Kier alpha value is -0.570. The molecule has 2 fully saturated rings. The first-order chi connectivity index (χ1) is 7.36. The van der Waals surface area contributed by atoms with Crippen LogP contribution in [0, 0.1) is 5.92 Å². The Bertz CT molecular complexity index is 206. The predicted octanol–water partition coefficient (Wildman–Crippen LogP) is 1.43. The number of amides is 1. The Balaban J connectivity index is 1.66. The molecule has 0 aromatic rings. The van der Waals surface area contributed by atoms with Crippen LogP contribution in [-0.4, -0.2) is 25.0 Å². The maximum Gasteiger partial charge on any atom is 0.237 e. The fraction of sp³-hybridized carbons (Fsp3) is 0.917. The molecule has 1 atom stereocenters. The number of rotatable bonds is 3. The number of hydrogen-bond donors (Lipinski definition) is 2. The summed E-state index contributed by atoms with van der Waals surface area (Å²) in [5.74, 6) is 0.971. The highest BCUT2D eigenvalue weighted by Gasteiger charge is 2.22. The van der Waals surface area contributed by atoms with Crippen LogP contribution in [0.4, 0.5) is 0 Å². The van der Waals surface area contributed by atoms with E-state index in [2.05, 4.69) is 10.6 Å². The summed E-state index contributed by atoms with van der Waals surface area (Å²) in [4.78, 5) is 11.8. The Morgan fingerprint density at radius 3 is 2.53 bits per heavy atom. The lowest BCUT2D eigenvalue weighted by Crippen LogP contribution is -2.47. The highest BCUT2D eigenvalue weighted by molar-refractivity contribution is 5.81. The van der Waals surface area contributed by atoms with Crippen LogP contribution < -0.4 is 10.6 Å². The van der Waals surface area contributed by atoms with E-state index in [-0.39, 0.29) is 11.9 Å².